The number of rotatable bonds is 4. The quantitative estimate of drug-likeness (QED) is 0.717. The molecule has 0 amide bonds. The van der Waals surface area contributed by atoms with Crippen molar-refractivity contribution in [1.82, 2.24) is 0 Å². The van der Waals surface area contributed by atoms with Crippen LogP contribution < -0.4 is 5.73 Å². The minimum absolute atomic E-state index is 0. The maximum Gasteiger partial charge on any atom is 0.305 e. The third-order valence-corrected chi connectivity index (χ3v) is 1.43. The molecule has 0 aromatic heterocycles. The maximum atomic E-state index is 10.3. The van der Waals surface area contributed by atoms with Crippen molar-refractivity contribution >= 4 is 18.4 Å². The van der Waals surface area contributed by atoms with Crippen LogP contribution in [0.4, 0.5) is 0 Å². The summed E-state index contributed by atoms with van der Waals surface area (Å²) in [5, 5.41) is 8.48. The Morgan fingerprint density at radius 1 is 1.58 bits per heavy atom. The highest BCUT2D eigenvalue weighted by atomic mass is 35.5. The van der Waals surface area contributed by atoms with Crippen molar-refractivity contribution in [2.24, 2.45) is 11.7 Å². The molecule has 4 heteroatoms. The summed E-state index contributed by atoms with van der Waals surface area (Å²) in [7, 11) is 0. The van der Waals surface area contributed by atoms with Crippen LogP contribution in [-0.2, 0) is 4.79 Å². The molecule has 3 N–H and O–H groups in total. The fourth-order valence-corrected chi connectivity index (χ4v) is 1.35. The Kier molecular flexibility index (Phi) is 6.39. The summed E-state index contributed by atoms with van der Waals surface area (Å²) in [5.74, 6) is -0.375. The van der Waals surface area contributed by atoms with Gasteiger partial charge in [0.1, 0.15) is 0 Å². The molecule has 74 valence electrons. The molecular weight excluding hydrogens is 178 g/mol. The first kappa shape index (κ1) is 14.3. The number of carboxylic acid groups (broad SMARTS) is 1. The molecule has 0 radical (unpaired) electrons. The second-order valence-electron chi connectivity index (χ2n) is 3.82. The van der Waals surface area contributed by atoms with Gasteiger partial charge in [-0.2, -0.15) is 0 Å². The van der Waals surface area contributed by atoms with Gasteiger partial charge in [-0.15, -0.1) is 12.4 Å². The Bertz CT molecular complexity index is 146. The molecule has 1 atom stereocenters. The van der Waals surface area contributed by atoms with E-state index in [0.29, 0.717) is 5.92 Å². The molecule has 0 aliphatic heterocycles. The van der Waals surface area contributed by atoms with Gasteiger partial charge >= 0.3 is 5.97 Å². The number of carbonyl (C=O) groups is 1. The Balaban J connectivity index is 0. The first-order chi connectivity index (χ1) is 4.83. The largest absolute Gasteiger partial charge is 0.481 e. The number of nitrogens with two attached hydrogens (primary N) is 1. The van der Waals surface area contributed by atoms with Crippen LogP contribution in [0, 0.1) is 5.92 Å². The Morgan fingerprint density at radius 2 is 2.00 bits per heavy atom. The van der Waals surface area contributed by atoms with Gasteiger partial charge in [0.2, 0.25) is 0 Å². The van der Waals surface area contributed by atoms with Crippen molar-refractivity contribution in [3.8, 4) is 0 Å². The van der Waals surface area contributed by atoms with Gasteiger partial charge in [-0.25, -0.2) is 0 Å². The molecule has 0 saturated carbocycles. The van der Waals surface area contributed by atoms with Crippen LogP contribution in [-0.4, -0.2) is 16.6 Å². The van der Waals surface area contributed by atoms with Gasteiger partial charge in [0.25, 0.3) is 0 Å². The second-order valence-corrected chi connectivity index (χ2v) is 3.82. The van der Waals surface area contributed by atoms with E-state index in [1.807, 2.05) is 13.8 Å². The van der Waals surface area contributed by atoms with E-state index in [9.17, 15) is 4.79 Å². The van der Waals surface area contributed by atoms with Gasteiger partial charge in [0.15, 0.2) is 0 Å². The van der Waals surface area contributed by atoms with Gasteiger partial charge in [-0.05, 0) is 19.3 Å². The van der Waals surface area contributed by atoms with Crippen molar-refractivity contribution in [3.05, 3.63) is 0 Å². The first-order valence-corrected chi connectivity index (χ1v) is 3.84. The fourth-order valence-electron chi connectivity index (χ4n) is 1.35. The maximum absolute atomic E-state index is 10.3. The van der Waals surface area contributed by atoms with E-state index < -0.39 is 11.5 Å². The molecule has 0 fully saturated rings. The van der Waals surface area contributed by atoms with Crippen molar-refractivity contribution in [2.45, 2.75) is 39.2 Å². The molecule has 0 aliphatic carbocycles. The van der Waals surface area contributed by atoms with E-state index in [1.165, 1.54) is 0 Å². The molecule has 0 saturated heterocycles. The summed E-state index contributed by atoms with van der Waals surface area (Å²) in [6.45, 7) is 5.85. The van der Waals surface area contributed by atoms with Crippen LogP contribution in [0.15, 0.2) is 0 Å². The summed E-state index contributed by atoms with van der Waals surface area (Å²) in [5.41, 5.74) is 5.18. The van der Waals surface area contributed by atoms with E-state index in [-0.39, 0.29) is 18.8 Å². The van der Waals surface area contributed by atoms with Crippen LogP contribution in [0.5, 0.6) is 0 Å². The molecular formula is C8H18ClNO2. The highest BCUT2D eigenvalue weighted by molar-refractivity contribution is 5.85. The molecule has 0 aromatic carbocycles. The highest BCUT2D eigenvalue weighted by Gasteiger charge is 2.22. The normalized spacial score (nSPS) is 15.1. The van der Waals surface area contributed by atoms with E-state index >= 15 is 0 Å². The average molecular weight is 196 g/mol. The fraction of sp³-hybridized carbons (Fsp3) is 0.875. The number of hydrogen-bond donors (Lipinski definition) is 2. The zero-order valence-corrected chi connectivity index (χ0v) is 8.65. The lowest BCUT2D eigenvalue weighted by atomic mass is 9.89. The Morgan fingerprint density at radius 3 is 2.25 bits per heavy atom. The van der Waals surface area contributed by atoms with Crippen LogP contribution in [0.1, 0.15) is 33.6 Å². The minimum atomic E-state index is -0.823. The zero-order chi connectivity index (χ0) is 9.07. The molecule has 0 aromatic rings. The van der Waals surface area contributed by atoms with E-state index in [2.05, 4.69) is 0 Å². The predicted molar refractivity (Wildman–Crippen MR) is 51.5 cm³/mol. The van der Waals surface area contributed by atoms with Gasteiger partial charge in [0, 0.05) is 5.54 Å². The smallest absolute Gasteiger partial charge is 0.305 e. The lowest BCUT2D eigenvalue weighted by Crippen LogP contribution is -2.39. The molecule has 0 bridgehead atoms. The SMILES string of the molecule is CC(C)CC(C)(N)CC(=O)O.Cl. The predicted octanol–water partition coefficient (Wildman–Crippen LogP) is 1.65. The molecule has 1 unspecified atom stereocenters. The topological polar surface area (TPSA) is 63.3 Å². The van der Waals surface area contributed by atoms with Crippen LogP contribution in [0.25, 0.3) is 0 Å². The van der Waals surface area contributed by atoms with Gasteiger partial charge in [-0.3, -0.25) is 4.79 Å². The molecule has 0 rings (SSSR count). The van der Waals surface area contributed by atoms with Crippen molar-refractivity contribution in [2.75, 3.05) is 0 Å². The summed E-state index contributed by atoms with van der Waals surface area (Å²) < 4.78 is 0. The van der Waals surface area contributed by atoms with E-state index in [4.69, 9.17) is 10.8 Å². The molecule has 0 heterocycles. The van der Waals surface area contributed by atoms with E-state index in [1.54, 1.807) is 6.92 Å². The van der Waals surface area contributed by atoms with Crippen LogP contribution in [0.3, 0.4) is 0 Å². The Hall–Kier alpha value is -0.280. The first-order valence-electron chi connectivity index (χ1n) is 3.84. The number of aliphatic carboxylic acids is 1. The number of hydrogen-bond acceptors (Lipinski definition) is 2. The minimum Gasteiger partial charge on any atom is -0.481 e. The second kappa shape index (κ2) is 5.38. The lowest BCUT2D eigenvalue weighted by molar-refractivity contribution is -0.138. The monoisotopic (exact) mass is 195 g/mol. The Labute approximate surface area is 79.7 Å². The lowest BCUT2D eigenvalue weighted by Gasteiger charge is -2.24. The van der Waals surface area contributed by atoms with Crippen molar-refractivity contribution < 1.29 is 9.90 Å². The average Bonchev–Trinajstić information content (AvgIpc) is 1.53. The van der Waals surface area contributed by atoms with E-state index in [0.717, 1.165) is 6.42 Å². The van der Waals surface area contributed by atoms with Gasteiger partial charge in [-0.1, -0.05) is 13.8 Å². The van der Waals surface area contributed by atoms with Crippen LogP contribution >= 0.6 is 12.4 Å². The number of halogens is 1. The third-order valence-electron chi connectivity index (χ3n) is 1.43. The molecule has 12 heavy (non-hydrogen) atoms. The van der Waals surface area contributed by atoms with Gasteiger partial charge in [0.05, 0.1) is 6.42 Å². The summed E-state index contributed by atoms with van der Waals surface area (Å²) in [4.78, 5) is 10.3. The molecule has 0 aliphatic rings. The van der Waals surface area contributed by atoms with Crippen LogP contribution in [0.2, 0.25) is 0 Å². The zero-order valence-electron chi connectivity index (χ0n) is 7.83. The molecule has 3 nitrogen and oxygen atoms in total. The summed E-state index contributed by atoms with van der Waals surface area (Å²) >= 11 is 0. The highest BCUT2D eigenvalue weighted by Crippen LogP contribution is 2.16. The summed E-state index contributed by atoms with van der Waals surface area (Å²) in [6.07, 6.45) is 0.796. The molecule has 0 spiro atoms. The standard InChI is InChI=1S/C8H17NO2.ClH/c1-6(2)4-8(3,9)5-7(10)11;/h6H,4-5,9H2,1-3H3,(H,10,11);1H. The third kappa shape index (κ3) is 7.82. The van der Waals surface area contributed by atoms with Crippen molar-refractivity contribution in [1.29, 1.82) is 0 Å². The number of carboxylic acids is 1. The van der Waals surface area contributed by atoms with Gasteiger partial charge < -0.3 is 10.8 Å². The summed E-state index contributed by atoms with van der Waals surface area (Å²) in [6, 6.07) is 0. The van der Waals surface area contributed by atoms with Crippen molar-refractivity contribution in [3.63, 3.8) is 0 Å².